The monoisotopic (exact) mass is 441 g/mol. The number of esters is 1. The van der Waals surface area contributed by atoms with Gasteiger partial charge >= 0.3 is 5.97 Å². The molecule has 1 aliphatic rings. The normalized spacial score (nSPS) is 15.2. The number of carbonyl (C=O) groups is 1. The molecule has 9 nitrogen and oxygen atoms in total. The van der Waals surface area contributed by atoms with Crippen LogP contribution in [0, 0.1) is 0 Å². The van der Waals surface area contributed by atoms with Crippen molar-refractivity contribution in [1.82, 2.24) is 20.2 Å². The van der Waals surface area contributed by atoms with Gasteiger partial charge in [-0.2, -0.15) is 4.68 Å². The number of ether oxygens (including phenoxy) is 3. The molecule has 0 saturated carbocycles. The molecule has 1 N–H and O–H groups in total. The maximum Gasteiger partial charge on any atom is 0.338 e. The Bertz CT molecular complexity index is 1150. The molecule has 1 aromatic heterocycles. The lowest BCUT2D eigenvalue weighted by Gasteiger charge is -2.28. The molecule has 1 unspecified atom stereocenters. The van der Waals surface area contributed by atoms with Gasteiger partial charge in [-0.3, -0.25) is 0 Å². The predicted octanol–water partition coefficient (Wildman–Crippen LogP) is 3.38. The summed E-state index contributed by atoms with van der Waals surface area (Å²) in [6, 6.07) is 12.2. The molecule has 0 saturated heterocycles. The largest absolute Gasteiger partial charge is 0.493 e. The summed E-state index contributed by atoms with van der Waals surface area (Å²) in [5.74, 6) is 0.722. The van der Waals surface area contributed by atoms with Crippen molar-refractivity contribution in [3.63, 3.8) is 0 Å². The summed E-state index contributed by atoms with van der Waals surface area (Å²) in [7, 11) is 3.02. The van der Waals surface area contributed by atoms with Crippen LogP contribution in [0.15, 0.2) is 53.7 Å². The maximum atomic E-state index is 13.2. The first-order valence-corrected chi connectivity index (χ1v) is 9.79. The van der Waals surface area contributed by atoms with Gasteiger partial charge in [-0.15, -0.1) is 0 Å². The molecule has 0 amide bonds. The Morgan fingerprint density at radius 1 is 1.19 bits per heavy atom. The number of allylic oxidation sites excluding steroid dienone is 1. The van der Waals surface area contributed by atoms with Crippen molar-refractivity contribution in [3.05, 3.63) is 69.9 Å². The van der Waals surface area contributed by atoms with Crippen molar-refractivity contribution >= 4 is 23.5 Å². The third-order valence-corrected chi connectivity index (χ3v) is 5.20. The summed E-state index contributed by atoms with van der Waals surface area (Å²) in [6.45, 7) is 1.91. The van der Waals surface area contributed by atoms with Crippen LogP contribution in [0.2, 0.25) is 5.02 Å². The van der Waals surface area contributed by atoms with E-state index in [1.54, 1.807) is 19.1 Å². The molecule has 0 fully saturated rings. The van der Waals surface area contributed by atoms with Crippen LogP contribution in [0.5, 0.6) is 11.5 Å². The fourth-order valence-electron chi connectivity index (χ4n) is 3.48. The molecule has 0 spiro atoms. The first-order valence-electron chi connectivity index (χ1n) is 9.41. The van der Waals surface area contributed by atoms with Gasteiger partial charge in [0.2, 0.25) is 5.95 Å². The van der Waals surface area contributed by atoms with Gasteiger partial charge in [-0.1, -0.05) is 47.0 Å². The summed E-state index contributed by atoms with van der Waals surface area (Å²) < 4.78 is 17.9. The van der Waals surface area contributed by atoms with E-state index < -0.39 is 12.0 Å². The van der Waals surface area contributed by atoms with Crippen LogP contribution in [-0.2, 0) is 16.1 Å². The number of aromatic nitrogens is 4. The van der Waals surface area contributed by atoms with E-state index in [0.29, 0.717) is 39.3 Å². The van der Waals surface area contributed by atoms with Gasteiger partial charge in [0.05, 0.1) is 24.8 Å². The molecule has 2 heterocycles. The van der Waals surface area contributed by atoms with Gasteiger partial charge in [0.25, 0.3) is 0 Å². The highest BCUT2D eigenvalue weighted by Crippen LogP contribution is 2.42. The van der Waals surface area contributed by atoms with Gasteiger partial charge < -0.3 is 19.5 Å². The van der Waals surface area contributed by atoms with Crippen molar-refractivity contribution < 1.29 is 19.0 Å². The highest BCUT2D eigenvalue weighted by atomic mass is 35.5. The molecule has 160 valence electrons. The number of methoxy groups -OCH3 is 2. The number of benzene rings is 2. The van der Waals surface area contributed by atoms with Gasteiger partial charge in [0.1, 0.15) is 12.6 Å². The number of hydrogen-bond acceptors (Lipinski definition) is 8. The summed E-state index contributed by atoms with van der Waals surface area (Å²) >= 11 is 6.42. The molecular formula is C21H20ClN5O4. The Labute approximate surface area is 183 Å². The minimum absolute atomic E-state index is 0.137. The number of tetrazole rings is 1. The molecule has 0 radical (unpaired) electrons. The molecular weight excluding hydrogens is 422 g/mol. The first-order chi connectivity index (χ1) is 15.0. The molecule has 1 atom stereocenters. The highest BCUT2D eigenvalue weighted by Gasteiger charge is 2.36. The number of nitrogens with zero attached hydrogens (tertiary/aromatic N) is 4. The number of hydrogen-bond donors (Lipinski definition) is 1. The van der Waals surface area contributed by atoms with Crippen LogP contribution in [0.1, 0.15) is 24.1 Å². The summed E-state index contributed by atoms with van der Waals surface area (Å²) in [4.78, 5) is 13.2. The topological polar surface area (TPSA) is 100 Å². The average molecular weight is 442 g/mol. The van der Waals surface area contributed by atoms with Crippen LogP contribution in [0.3, 0.4) is 0 Å². The maximum absolute atomic E-state index is 13.2. The number of fused-ring (bicyclic) bond motifs is 1. The average Bonchev–Trinajstić information content (AvgIpc) is 3.24. The molecule has 2 aromatic carbocycles. The van der Waals surface area contributed by atoms with Gasteiger partial charge in [0.15, 0.2) is 11.5 Å². The third-order valence-electron chi connectivity index (χ3n) is 4.92. The smallest absolute Gasteiger partial charge is 0.338 e. The number of carbonyl (C=O) groups excluding carboxylic acids is 1. The number of rotatable bonds is 6. The fourth-order valence-corrected chi connectivity index (χ4v) is 3.78. The van der Waals surface area contributed by atoms with E-state index in [4.69, 9.17) is 25.8 Å². The SMILES string of the molecule is COc1cc(C2C(C(=O)OCc3ccccc3)=C(C)Nc3nnnn32)cc(Cl)c1OC. The lowest BCUT2D eigenvalue weighted by atomic mass is 9.95. The minimum atomic E-state index is -0.674. The van der Waals surface area contributed by atoms with Crippen molar-refractivity contribution in [2.24, 2.45) is 0 Å². The van der Waals surface area contributed by atoms with Crippen molar-refractivity contribution in [2.75, 3.05) is 19.5 Å². The minimum Gasteiger partial charge on any atom is -0.493 e. The Morgan fingerprint density at radius 3 is 2.68 bits per heavy atom. The zero-order chi connectivity index (χ0) is 22.0. The van der Waals surface area contributed by atoms with Crippen molar-refractivity contribution in [3.8, 4) is 11.5 Å². The fraction of sp³-hybridized carbons (Fsp3) is 0.238. The van der Waals surface area contributed by atoms with Crippen LogP contribution >= 0.6 is 11.6 Å². The summed E-state index contributed by atoms with van der Waals surface area (Å²) in [5, 5.41) is 15.2. The predicted molar refractivity (Wildman–Crippen MR) is 113 cm³/mol. The Kier molecular flexibility index (Phi) is 5.77. The number of halogens is 1. The Morgan fingerprint density at radius 2 is 1.97 bits per heavy atom. The highest BCUT2D eigenvalue weighted by molar-refractivity contribution is 6.32. The molecule has 4 rings (SSSR count). The van der Waals surface area contributed by atoms with E-state index in [9.17, 15) is 4.79 Å². The van der Waals surface area contributed by atoms with E-state index in [1.165, 1.54) is 18.9 Å². The standard InChI is InChI=1S/C21H20ClN5O4/c1-12-17(20(28)31-11-13-7-5-4-6-8-13)18(27-21(23-12)24-25-26-27)14-9-15(22)19(30-3)16(10-14)29-2/h4-10,18H,11H2,1-3H3,(H,23,24,26). The second kappa shape index (κ2) is 8.65. The molecule has 0 aliphatic carbocycles. The molecule has 1 aliphatic heterocycles. The zero-order valence-electron chi connectivity index (χ0n) is 17.1. The third kappa shape index (κ3) is 3.91. The van der Waals surface area contributed by atoms with Crippen LogP contribution in [-0.4, -0.2) is 40.4 Å². The van der Waals surface area contributed by atoms with Gasteiger partial charge in [-0.05, 0) is 40.6 Å². The van der Waals surface area contributed by atoms with Gasteiger partial charge in [-0.25, -0.2) is 4.79 Å². The van der Waals surface area contributed by atoms with Gasteiger partial charge in [0, 0.05) is 5.70 Å². The number of nitrogens with one attached hydrogen (secondary N) is 1. The molecule has 3 aromatic rings. The van der Waals surface area contributed by atoms with Crippen molar-refractivity contribution in [1.29, 1.82) is 0 Å². The van der Waals surface area contributed by atoms with E-state index in [1.807, 2.05) is 30.3 Å². The second-order valence-electron chi connectivity index (χ2n) is 6.81. The second-order valence-corrected chi connectivity index (χ2v) is 7.22. The molecule has 31 heavy (non-hydrogen) atoms. The summed E-state index contributed by atoms with van der Waals surface area (Å²) in [6.07, 6.45) is 0. The Hall–Kier alpha value is -3.59. The zero-order valence-corrected chi connectivity index (χ0v) is 17.9. The van der Waals surface area contributed by atoms with Crippen molar-refractivity contribution in [2.45, 2.75) is 19.6 Å². The lowest BCUT2D eigenvalue weighted by molar-refractivity contribution is -0.140. The molecule has 0 bridgehead atoms. The van der Waals surface area contributed by atoms with Crippen LogP contribution < -0.4 is 14.8 Å². The number of anilines is 1. The van der Waals surface area contributed by atoms with E-state index >= 15 is 0 Å². The lowest BCUT2D eigenvalue weighted by Crippen LogP contribution is -2.29. The Balaban J connectivity index is 1.75. The van der Waals surface area contributed by atoms with Crippen LogP contribution in [0.4, 0.5) is 5.95 Å². The quantitative estimate of drug-likeness (QED) is 0.581. The summed E-state index contributed by atoms with van der Waals surface area (Å²) in [5.41, 5.74) is 2.46. The van der Waals surface area contributed by atoms with E-state index in [-0.39, 0.29) is 6.61 Å². The van der Waals surface area contributed by atoms with E-state index in [2.05, 4.69) is 20.8 Å². The first kappa shape index (κ1) is 20.7. The van der Waals surface area contributed by atoms with Crippen LogP contribution in [0.25, 0.3) is 0 Å². The molecule has 10 heteroatoms. The van der Waals surface area contributed by atoms with E-state index in [0.717, 1.165) is 5.56 Å².